The lowest BCUT2D eigenvalue weighted by molar-refractivity contribution is -0.143. The van der Waals surface area contributed by atoms with Gasteiger partial charge >= 0.3 is 11.9 Å². The van der Waals surface area contributed by atoms with E-state index < -0.39 is 0 Å². The molecule has 28 heavy (non-hydrogen) atoms. The van der Waals surface area contributed by atoms with Crippen LogP contribution in [0.3, 0.4) is 0 Å². The number of ether oxygens (including phenoxy) is 3. The number of carbonyl (C=O) groups excluding carboxylic acids is 2. The number of allylic oxidation sites excluding steroid dienone is 2. The van der Waals surface area contributed by atoms with E-state index in [0.717, 1.165) is 28.7 Å². The SMILES string of the molecule is COc1c(C)c2c(c(N)c1C/C=C(\C)CCC(=O)OCCC(C)C)C(=O)OC2. The van der Waals surface area contributed by atoms with Gasteiger partial charge in [0.15, 0.2) is 0 Å². The summed E-state index contributed by atoms with van der Waals surface area (Å²) in [4.78, 5) is 23.9. The van der Waals surface area contributed by atoms with E-state index in [1.165, 1.54) is 0 Å². The Morgan fingerprint density at radius 3 is 2.68 bits per heavy atom. The van der Waals surface area contributed by atoms with Gasteiger partial charge in [-0.05, 0) is 44.6 Å². The molecule has 1 heterocycles. The highest BCUT2D eigenvalue weighted by atomic mass is 16.5. The smallest absolute Gasteiger partial charge is 0.341 e. The van der Waals surface area contributed by atoms with Gasteiger partial charge in [-0.25, -0.2) is 4.79 Å². The van der Waals surface area contributed by atoms with Gasteiger partial charge in [0.25, 0.3) is 0 Å². The molecular weight excluding hydrogens is 358 g/mol. The third-order valence-corrected chi connectivity index (χ3v) is 5.06. The molecule has 0 aliphatic carbocycles. The molecule has 0 spiro atoms. The molecule has 0 atom stereocenters. The van der Waals surface area contributed by atoms with Crippen molar-refractivity contribution in [3.8, 4) is 5.75 Å². The van der Waals surface area contributed by atoms with Crippen molar-refractivity contribution in [2.24, 2.45) is 5.92 Å². The molecule has 2 N–H and O–H groups in total. The highest BCUT2D eigenvalue weighted by molar-refractivity contribution is 6.00. The summed E-state index contributed by atoms with van der Waals surface area (Å²) in [7, 11) is 1.60. The van der Waals surface area contributed by atoms with Crippen LogP contribution < -0.4 is 10.5 Å². The number of hydrogen-bond donors (Lipinski definition) is 1. The fourth-order valence-electron chi connectivity index (χ4n) is 3.25. The largest absolute Gasteiger partial charge is 0.496 e. The molecule has 0 radical (unpaired) electrons. The van der Waals surface area contributed by atoms with Gasteiger partial charge < -0.3 is 19.9 Å². The van der Waals surface area contributed by atoms with E-state index in [2.05, 4.69) is 13.8 Å². The molecule has 2 rings (SSSR count). The zero-order valence-electron chi connectivity index (χ0n) is 17.5. The van der Waals surface area contributed by atoms with Gasteiger partial charge in [0.05, 0.1) is 25.0 Å². The van der Waals surface area contributed by atoms with E-state index in [0.29, 0.717) is 48.8 Å². The average molecular weight is 389 g/mol. The first kappa shape index (κ1) is 21.8. The summed E-state index contributed by atoms with van der Waals surface area (Å²) in [6, 6.07) is 0. The second-order valence-electron chi connectivity index (χ2n) is 7.64. The van der Waals surface area contributed by atoms with Gasteiger partial charge in [0.1, 0.15) is 12.4 Å². The zero-order valence-corrected chi connectivity index (χ0v) is 17.5. The summed E-state index contributed by atoms with van der Waals surface area (Å²) >= 11 is 0. The van der Waals surface area contributed by atoms with Crippen molar-refractivity contribution in [2.75, 3.05) is 19.5 Å². The minimum Gasteiger partial charge on any atom is -0.496 e. The van der Waals surface area contributed by atoms with E-state index in [4.69, 9.17) is 19.9 Å². The molecule has 0 amide bonds. The van der Waals surface area contributed by atoms with Crippen LogP contribution in [0, 0.1) is 12.8 Å². The predicted octanol–water partition coefficient (Wildman–Crippen LogP) is 4.11. The molecular formula is C22H31NO5. The van der Waals surface area contributed by atoms with E-state index >= 15 is 0 Å². The molecule has 0 saturated heterocycles. The lowest BCUT2D eigenvalue weighted by atomic mass is 9.94. The lowest BCUT2D eigenvalue weighted by Crippen LogP contribution is -2.08. The number of nitrogen functional groups attached to an aromatic ring is 1. The summed E-state index contributed by atoms with van der Waals surface area (Å²) in [5.74, 6) is 0.639. The normalized spacial score (nSPS) is 13.5. The standard InChI is InChI=1S/C22H31NO5/c1-13(2)10-11-27-18(24)9-7-14(3)6-8-16-20(23)19-17(12-28-22(19)25)15(4)21(16)26-5/h6,13H,7-12,23H2,1-5H3/b14-6+. The van der Waals surface area contributed by atoms with Crippen LogP contribution in [0.4, 0.5) is 5.69 Å². The summed E-state index contributed by atoms with van der Waals surface area (Å²) in [6.45, 7) is 8.78. The van der Waals surface area contributed by atoms with Crippen LogP contribution >= 0.6 is 0 Å². The Balaban J connectivity index is 2.05. The summed E-state index contributed by atoms with van der Waals surface area (Å²) in [5.41, 5.74) is 10.7. The van der Waals surface area contributed by atoms with E-state index in [1.807, 2.05) is 19.9 Å². The van der Waals surface area contributed by atoms with Gasteiger partial charge in [-0.15, -0.1) is 0 Å². The van der Waals surface area contributed by atoms with Gasteiger partial charge in [-0.2, -0.15) is 0 Å². The van der Waals surface area contributed by atoms with Crippen molar-refractivity contribution in [3.63, 3.8) is 0 Å². The lowest BCUT2D eigenvalue weighted by Gasteiger charge is -2.16. The number of anilines is 1. The molecule has 1 aliphatic rings. The summed E-state index contributed by atoms with van der Waals surface area (Å²) < 4.78 is 15.9. The van der Waals surface area contributed by atoms with Crippen LogP contribution in [0.25, 0.3) is 0 Å². The Morgan fingerprint density at radius 2 is 2.04 bits per heavy atom. The van der Waals surface area contributed by atoms with Crippen LogP contribution in [-0.2, 0) is 27.3 Å². The Kier molecular flexibility index (Phi) is 7.49. The Labute approximate surface area is 167 Å². The third-order valence-electron chi connectivity index (χ3n) is 5.06. The molecule has 154 valence electrons. The van der Waals surface area contributed by atoms with Crippen molar-refractivity contribution < 1.29 is 23.8 Å². The molecule has 0 saturated carbocycles. The second kappa shape index (κ2) is 9.62. The summed E-state index contributed by atoms with van der Waals surface area (Å²) in [5, 5.41) is 0. The number of benzene rings is 1. The maximum absolute atomic E-state index is 12.0. The number of rotatable bonds is 9. The molecule has 0 fully saturated rings. The first-order chi connectivity index (χ1) is 13.3. The third kappa shape index (κ3) is 5.06. The van der Waals surface area contributed by atoms with Crippen molar-refractivity contribution in [1.29, 1.82) is 0 Å². The maximum Gasteiger partial charge on any atom is 0.341 e. The number of methoxy groups -OCH3 is 1. The quantitative estimate of drug-likeness (QED) is 0.388. The Hall–Kier alpha value is -2.50. The van der Waals surface area contributed by atoms with Crippen LogP contribution in [-0.4, -0.2) is 25.7 Å². The number of fused-ring (bicyclic) bond motifs is 1. The zero-order chi connectivity index (χ0) is 20.8. The highest BCUT2D eigenvalue weighted by Crippen LogP contribution is 2.39. The maximum atomic E-state index is 12.0. The van der Waals surface area contributed by atoms with Crippen molar-refractivity contribution in [1.82, 2.24) is 0 Å². The summed E-state index contributed by atoms with van der Waals surface area (Å²) in [6.07, 6.45) is 4.38. The van der Waals surface area contributed by atoms with E-state index in [-0.39, 0.29) is 18.5 Å². The minimum atomic E-state index is -0.385. The molecule has 6 heteroatoms. The Morgan fingerprint density at radius 1 is 1.32 bits per heavy atom. The highest BCUT2D eigenvalue weighted by Gasteiger charge is 2.30. The van der Waals surface area contributed by atoms with E-state index in [1.54, 1.807) is 7.11 Å². The first-order valence-corrected chi connectivity index (χ1v) is 9.72. The molecule has 0 bridgehead atoms. The monoisotopic (exact) mass is 389 g/mol. The minimum absolute atomic E-state index is 0.179. The Bertz CT molecular complexity index is 780. The average Bonchev–Trinajstić information content (AvgIpc) is 3.03. The van der Waals surface area contributed by atoms with Crippen LogP contribution in [0.2, 0.25) is 0 Å². The van der Waals surface area contributed by atoms with Crippen LogP contribution in [0.15, 0.2) is 11.6 Å². The number of esters is 2. The van der Waals surface area contributed by atoms with Crippen molar-refractivity contribution >= 4 is 17.6 Å². The molecule has 6 nitrogen and oxygen atoms in total. The van der Waals surface area contributed by atoms with Crippen molar-refractivity contribution in [3.05, 3.63) is 33.9 Å². The first-order valence-electron chi connectivity index (χ1n) is 9.72. The van der Waals surface area contributed by atoms with Gasteiger partial charge in [-0.1, -0.05) is 25.5 Å². The number of carbonyl (C=O) groups is 2. The fourth-order valence-corrected chi connectivity index (χ4v) is 3.25. The molecule has 1 aromatic rings. The number of nitrogens with two attached hydrogens (primary N) is 1. The van der Waals surface area contributed by atoms with E-state index in [9.17, 15) is 9.59 Å². The number of hydrogen-bond acceptors (Lipinski definition) is 6. The molecule has 0 aromatic heterocycles. The van der Waals surface area contributed by atoms with Gasteiger partial charge in [-0.3, -0.25) is 4.79 Å². The number of cyclic esters (lactones) is 1. The van der Waals surface area contributed by atoms with Gasteiger partial charge in [0.2, 0.25) is 0 Å². The van der Waals surface area contributed by atoms with Gasteiger partial charge in [0, 0.05) is 17.5 Å². The van der Waals surface area contributed by atoms with Crippen LogP contribution in [0.5, 0.6) is 5.75 Å². The van der Waals surface area contributed by atoms with Crippen molar-refractivity contribution in [2.45, 2.75) is 60.0 Å². The van der Waals surface area contributed by atoms with Crippen LogP contribution in [0.1, 0.15) is 67.1 Å². The molecule has 0 unspecified atom stereocenters. The fraction of sp³-hybridized carbons (Fsp3) is 0.545. The molecule has 1 aromatic carbocycles. The topological polar surface area (TPSA) is 87.9 Å². The predicted molar refractivity (Wildman–Crippen MR) is 108 cm³/mol. The molecule has 1 aliphatic heterocycles. The second-order valence-corrected chi connectivity index (χ2v) is 7.64.